The van der Waals surface area contributed by atoms with Gasteiger partial charge in [-0.05, 0) is 13.8 Å². The first kappa shape index (κ1) is 12.7. The molecule has 0 bridgehead atoms. The molecule has 18 heavy (non-hydrogen) atoms. The van der Waals surface area contributed by atoms with E-state index in [1.54, 1.807) is 6.33 Å². The third kappa shape index (κ3) is 2.56. The summed E-state index contributed by atoms with van der Waals surface area (Å²) in [5.41, 5.74) is 7.07. The number of hydrogen-bond acceptors (Lipinski definition) is 5. The van der Waals surface area contributed by atoms with Gasteiger partial charge in [0, 0.05) is 19.0 Å². The van der Waals surface area contributed by atoms with Crippen LogP contribution >= 0.6 is 12.2 Å². The standard InChI is InChI=1S/C11H16N6S/c1-7(2)17(4-3-8(12)18)11-9-10(14-5-13-9)15-6-16-11/h5-7H,3-4H2,1-2H3,(H2,12,18)(H,13,14,15,16). The van der Waals surface area contributed by atoms with E-state index >= 15 is 0 Å². The Morgan fingerprint density at radius 1 is 1.44 bits per heavy atom. The minimum atomic E-state index is 0.292. The SMILES string of the molecule is CC(C)N(CCC(N)=S)c1ncnc2nc[nH]c12. The molecule has 96 valence electrons. The van der Waals surface area contributed by atoms with Crippen molar-refractivity contribution in [3.63, 3.8) is 0 Å². The summed E-state index contributed by atoms with van der Waals surface area (Å²) in [4.78, 5) is 18.3. The van der Waals surface area contributed by atoms with Crippen molar-refractivity contribution < 1.29 is 0 Å². The van der Waals surface area contributed by atoms with Gasteiger partial charge in [-0.25, -0.2) is 15.0 Å². The number of hydrogen-bond donors (Lipinski definition) is 2. The molecular weight excluding hydrogens is 248 g/mol. The lowest BCUT2D eigenvalue weighted by molar-refractivity contribution is 0.682. The number of imidazole rings is 1. The highest BCUT2D eigenvalue weighted by Crippen LogP contribution is 2.21. The van der Waals surface area contributed by atoms with Gasteiger partial charge in [-0.1, -0.05) is 12.2 Å². The summed E-state index contributed by atoms with van der Waals surface area (Å²) in [7, 11) is 0. The topological polar surface area (TPSA) is 83.7 Å². The van der Waals surface area contributed by atoms with Crippen molar-refractivity contribution in [3.05, 3.63) is 12.7 Å². The maximum Gasteiger partial charge on any atom is 0.182 e. The lowest BCUT2D eigenvalue weighted by Crippen LogP contribution is -2.34. The van der Waals surface area contributed by atoms with Crippen molar-refractivity contribution in [2.24, 2.45) is 5.73 Å². The summed E-state index contributed by atoms with van der Waals surface area (Å²) in [5, 5.41) is 0. The van der Waals surface area contributed by atoms with Crippen LogP contribution in [0.25, 0.3) is 11.2 Å². The number of nitrogens with zero attached hydrogens (tertiary/aromatic N) is 4. The van der Waals surface area contributed by atoms with Crippen LogP contribution < -0.4 is 10.6 Å². The molecule has 0 unspecified atom stereocenters. The quantitative estimate of drug-likeness (QED) is 0.791. The second-order valence-electron chi connectivity index (χ2n) is 4.30. The predicted molar refractivity (Wildman–Crippen MR) is 75.6 cm³/mol. The molecule has 0 radical (unpaired) electrons. The molecule has 2 aromatic rings. The van der Waals surface area contributed by atoms with E-state index in [4.69, 9.17) is 18.0 Å². The van der Waals surface area contributed by atoms with Gasteiger partial charge in [0.05, 0.1) is 11.3 Å². The first-order valence-electron chi connectivity index (χ1n) is 5.78. The second kappa shape index (κ2) is 5.26. The van der Waals surface area contributed by atoms with E-state index in [1.165, 1.54) is 6.33 Å². The van der Waals surface area contributed by atoms with E-state index in [1.807, 2.05) is 0 Å². The molecule has 0 saturated carbocycles. The molecule has 3 N–H and O–H groups in total. The molecular formula is C11H16N6S. The van der Waals surface area contributed by atoms with Gasteiger partial charge < -0.3 is 15.6 Å². The van der Waals surface area contributed by atoms with Crippen LogP contribution in [-0.2, 0) is 0 Å². The van der Waals surface area contributed by atoms with Gasteiger partial charge in [0.2, 0.25) is 0 Å². The molecule has 2 aromatic heterocycles. The Labute approximate surface area is 111 Å². The number of H-pyrrole nitrogens is 1. The lowest BCUT2D eigenvalue weighted by Gasteiger charge is -2.27. The Kier molecular flexibility index (Phi) is 3.71. The first-order chi connectivity index (χ1) is 8.59. The lowest BCUT2D eigenvalue weighted by atomic mass is 10.2. The van der Waals surface area contributed by atoms with Crippen molar-refractivity contribution in [1.29, 1.82) is 0 Å². The minimum absolute atomic E-state index is 0.292. The van der Waals surface area contributed by atoms with Crippen LogP contribution in [-0.4, -0.2) is 37.5 Å². The molecule has 0 aliphatic heterocycles. The predicted octanol–water partition coefficient (Wildman–Crippen LogP) is 1.24. The van der Waals surface area contributed by atoms with Gasteiger partial charge in [-0.3, -0.25) is 0 Å². The zero-order valence-electron chi connectivity index (χ0n) is 10.4. The van der Waals surface area contributed by atoms with E-state index in [0.29, 0.717) is 23.1 Å². The number of rotatable bonds is 5. The van der Waals surface area contributed by atoms with Gasteiger partial charge in [0.25, 0.3) is 0 Å². The summed E-state index contributed by atoms with van der Waals surface area (Å²) in [6, 6.07) is 0.292. The fraction of sp³-hybridized carbons (Fsp3) is 0.455. The molecule has 0 aliphatic carbocycles. The van der Waals surface area contributed by atoms with Crippen LogP contribution in [0.2, 0.25) is 0 Å². The van der Waals surface area contributed by atoms with Crippen LogP contribution in [0.1, 0.15) is 20.3 Å². The Balaban J connectivity index is 2.35. The highest BCUT2D eigenvalue weighted by molar-refractivity contribution is 7.80. The first-order valence-corrected chi connectivity index (χ1v) is 6.19. The number of aromatic nitrogens is 4. The Morgan fingerprint density at radius 3 is 2.89 bits per heavy atom. The van der Waals surface area contributed by atoms with Crippen molar-refractivity contribution in [3.8, 4) is 0 Å². The van der Waals surface area contributed by atoms with Crippen molar-refractivity contribution in [2.75, 3.05) is 11.4 Å². The fourth-order valence-corrected chi connectivity index (χ4v) is 1.90. The average molecular weight is 264 g/mol. The van der Waals surface area contributed by atoms with Crippen LogP contribution in [0.3, 0.4) is 0 Å². The van der Waals surface area contributed by atoms with Gasteiger partial charge in [-0.2, -0.15) is 0 Å². The van der Waals surface area contributed by atoms with Crippen molar-refractivity contribution >= 4 is 34.2 Å². The zero-order valence-corrected chi connectivity index (χ0v) is 11.2. The molecule has 6 nitrogen and oxygen atoms in total. The smallest absolute Gasteiger partial charge is 0.182 e. The van der Waals surface area contributed by atoms with Crippen LogP contribution in [0.4, 0.5) is 5.82 Å². The summed E-state index contributed by atoms with van der Waals surface area (Å²) >= 11 is 4.93. The Morgan fingerprint density at radius 2 is 2.22 bits per heavy atom. The van der Waals surface area contributed by atoms with E-state index in [9.17, 15) is 0 Å². The van der Waals surface area contributed by atoms with E-state index < -0.39 is 0 Å². The van der Waals surface area contributed by atoms with E-state index in [-0.39, 0.29) is 0 Å². The summed E-state index contributed by atoms with van der Waals surface area (Å²) < 4.78 is 0. The molecule has 0 spiro atoms. The average Bonchev–Trinajstić information content (AvgIpc) is 2.77. The largest absolute Gasteiger partial charge is 0.393 e. The number of aromatic amines is 1. The molecule has 0 amide bonds. The number of thiocarbonyl (C=S) groups is 1. The Hall–Kier alpha value is -1.76. The number of fused-ring (bicyclic) bond motifs is 1. The maximum absolute atomic E-state index is 5.56. The molecule has 7 heteroatoms. The monoisotopic (exact) mass is 264 g/mol. The van der Waals surface area contributed by atoms with E-state index in [2.05, 4.69) is 38.7 Å². The van der Waals surface area contributed by atoms with Crippen LogP contribution in [0.15, 0.2) is 12.7 Å². The molecule has 2 heterocycles. The van der Waals surface area contributed by atoms with E-state index in [0.717, 1.165) is 17.9 Å². The second-order valence-corrected chi connectivity index (χ2v) is 4.83. The summed E-state index contributed by atoms with van der Waals surface area (Å²) in [6.45, 7) is 4.94. The van der Waals surface area contributed by atoms with Gasteiger partial charge >= 0.3 is 0 Å². The Bertz CT molecular complexity index is 549. The number of nitrogens with one attached hydrogen (secondary N) is 1. The molecule has 0 saturated heterocycles. The molecule has 0 atom stereocenters. The summed E-state index contributed by atoms with van der Waals surface area (Å²) in [5.74, 6) is 0.837. The molecule has 2 rings (SSSR count). The number of anilines is 1. The summed E-state index contributed by atoms with van der Waals surface area (Å²) in [6.07, 6.45) is 3.80. The van der Waals surface area contributed by atoms with Gasteiger partial charge in [-0.15, -0.1) is 0 Å². The normalized spacial score (nSPS) is 11.1. The minimum Gasteiger partial charge on any atom is -0.393 e. The maximum atomic E-state index is 5.56. The fourth-order valence-electron chi connectivity index (χ4n) is 1.81. The van der Waals surface area contributed by atoms with Crippen molar-refractivity contribution in [1.82, 2.24) is 19.9 Å². The zero-order chi connectivity index (χ0) is 13.1. The van der Waals surface area contributed by atoms with Crippen LogP contribution in [0, 0.1) is 0 Å². The molecule has 0 aromatic carbocycles. The van der Waals surface area contributed by atoms with Crippen molar-refractivity contribution in [2.45, 2.75) is 26.3 Å². The third-order valence-electron chi connectivity index (χ3n) is 2.70. The van der Waals surface area contributed by atoms with Gasteiger partial charge in [0.1, 0.15) is 11.8 Å². The van der Waals surface area contributed by atoms with Crippen LogP contribution in [0.5, 0.6) is 0 Å². The highest BCUT2D eigenvalue weighted by atomic mass is 32.1. The molecule has 0 aliphatic rings. The third-order valence-corrected chi connectivity index (χ3v) is 2.90. The highest BCUT2D eigenvalue weighted by Gasteiger charge is 2.16. The molecule has 0 fully saturated rings. The number of nitrogens with two attached hydrogens (primary N) is 1. The van der Waals surface area contributed by atoms with Gasteiger partial charge in [0.15, 0.2) is 11.5 Å².